The zero-order valence-electron chi connectivity index (χ0n) is 12.8. The summed E-state index contributed by atoms with van der Waals surface area (Å²) in [6.45, 7) is 11.5. The second kappa shape index (κ2) is 7.22. The van der Waals surface area contributed by atoms with Gasteiger partial charge < -0.3 is 4.90 Å². The molecule has 5 nitrogen and oxygen atoms in total. The van der Waals surface area contributed by atoms with Crippen molar-refractivity contribution in [1.82, 2.24) is 9.21 Å². The Kier molecular flexibility index (Phi) is 6.20. The van der Waals surface area contributed by atoms with Crippen molar-refractivity contribution < 1.29 is 13.2 Å². The molecular formula is C14H26N2O3S. The smallest absolute Gasteiger partial charge is 0.226 e. The van der Waals surface area contributed by atoms with Crippen LogP contribution in [0.25, 0.3) is 0 Å². The van der Waals surface area contributed by atoms with Gasteiger partial charge in [0.2, 0.25) is 15.9 Å². The molecule has 0 aromatic carbocycles. The minimum absolute atomic E-state index is 0.0578. The normalized spacial score (nSPS) is 17.9. The van der Waals surface area contributed by atoms with Gasteiger partial charge >= 0.3 is 0 Å². The molecule has 0 saturated carbocycles. The summed E-state index contributed by atoms with van der Waals surface area (Å²) in [5, 5.41) is 0. The number of nitrogens with zero attached hydrogens (tertiary/aromatic N) is 2. The van der Waals surface area contributed by atoms with Crippen LogP contribution in [0.4, 0.5) is 0 Å². The minimum atomic E-state index is -3.12. The molecule has 6 heteroatoms. The van der Waals surface area contributed by atoms with Crippen LogP contribution in [0.1, 0.15) is 33.6 Å². The van der Waals surface area contributed by atoms with E-state index in [0.717, 1.165) is 5.57 Å². The number of sulfonamides is 1. The van der Waals surface area contributed by atoms with Crippen molar-refractivity contribution in [2.24, 2.45) is 5.92 Å². The highest BCUT2D eigenvalue weighted by Crippen LogP contribution is 2.22. The van der Waals surface area contributed by atoms with E-state index in [1.807, 2.05) is 13.8 Å². The van der Waals surface area contributed by atoms with Gasteiger partial charge in [0.1, 0.15) is 0 Å². The number of rotatable bonds is 6. The average molecular weight is 302 g/mol. The van der Waals surface area contributed by atoms with Gasteiger partial charge in [0, 0.05) is 32.1 Å². The molecule has 20 heavy (non-hydrogen) atoms. The van der Waals surface area contributed by atoms with E-state index in [-0.39, 0.29) is 17.6 Å². The number of carbonyl (C=O) groups excluding carboxylic acids is 1. The van der Waals surface area contributed by atoms with Gasteiger partial charge in [-0.3, -0.25) is 4.79 Å². The third-order valence-corrected chi connectivity index (χ3v) is 5.60. The van der Waals surface area contributed by atoms with Gasteiger partial charge in [-0.1, -0.05) is 12.2 Å². The van der Waals surface area contributed by atoms with Crippen LogP contribution < -0.4 is 0 Å². The lowest BCUT2D eigenvalue weighted by molar-refractivity contribution is -0.136. The van der Waals surface area contributed by atoms with Gasteiger partial charge in [0.05, 0.1) is 5.75 Å². The molecule has 0 radical (unpaired) electrons. The first-order chi connectivity index (χ1) is 9.31. The monoisotopic (exact) mass is 302 g/mol. The molecular weight excluding hydrogens is 276 g/mol. The summed E-state index contributed by atoms with van der Waals surface area (Å²) in [5.74, 6) is 0.198. The maximum atomic E-state index is 12.4. The van der Waals surface area contributed by atoms with Gasteiger partial charge in [0.15, 0.2) is 0 Å². The molecule has 1 saturated heterocycles. The van der Waals surface area contributed by atoms with Crippen LogP contribution in [0.2, 0.25) is 0 Å². The highest BCUT2D eigenvalue weighted by Gasteiger charge is 2.31. The lowest BCUT2D eigenvalue weighted by Gasteiger charge is -2.33. The first kappa shape index (κ1) is 17.2. The minimum Gasteiger partial charge on any atom is -0.339 e. The molecule has 1 amide bonds. The molecule has 116 valence electrons. The summed E-state index contributed by atoms with van der Waals surface area (Å²) in [5.41, 5.74) is 0.964. The van der Waals surface area contributed by atoms with E-state index in [0.29, 0.717) is 39.0 Å². The van der Waals surface area contributed by atoms with Crippen LogP contribution in [-0.2, 0) is 14.8 Å². The zero-order valence-corrected chi connectivity index (χ0v) is 13.6. The van der Waals surface area contributed by atoms with Crippen LogP contribution in [0.3, 0.4) is 0 Å². The van der Waals surface area contributed by atoms with E-state index in [4.69, 9.17) is 0 Å². The molecule has 0 aromatic rings. The standard InChI is InChI=1S/C14H26N2O3S/c1-5-15(11-12(3)4)14(17)13-7-9-16(10-8-13)20(18,19)6-2/h13H,3,5-11H2,1-2,4H3. The molecule has 0 spiro atoms. The van der Waals surface area contributed by atoms with Crippen LogP contribution in [0, 0.1) is 5.92 Å². The number of hydrogen-bond donors (Lipinski definition) is 0. The van der Waals surface area contributed by atoms with Crippen LogP contribution in [-0.4, -0.2) is 55.5 Å². The second-order valence-corrected chi connectivity index (χ2v) is 7.64. The molecule has 1 aliphatic heterocycles. The molecule has 0 bridgehead atoms. The summed E-state index contributed by atoms with van der Waals surface area (Å²) >= 11 is 0. The summed E-state index contributed by atoms with van der Waals surface area (Å²) < 4.78 is 25.1. The number of piperidine rings is 1. The van der Waals surface area contributed by atoms with Gasteiger partial charge in [-0.05, 0) is 33.6 Å². The number of likely N-dealkylation sites (N-methyl/N-ethyl adjacent to an activating group) is 1. The Morgan fingerprint density at radius 3 is 2.25 bits per heavy atom. The van der Waals surface area contributed by atoms with Gasteiger partial charge in [-0.15, -0.1) is 0 Å². The van der Waals surface area contributed by atoms with Crippen molar-refractivity contribution in [3.8, 4) is 0 Å². The topological polar surface area (TPSA) is 57.7 Å². The Morgan fingerprint density at radius 2 is 1.85 bits per heavy atom. The predicted octanol–water partition coefficient (Wildman–Crippen LogP) is 1.47. The summed E-state index contributed by atoms with van der Waals surface area (Å²) in [4.78, 5) is 14.2. The predicted molar refractivity (Wildman–Crippen MR) is 80.8 cm³/mol. The molecule has 0 N–H and O–H groups in total. The van der Waals surface area contributed by atoms with Gasteiger partial charge in [-0.2, -0.15) is 0 Å². The molecule has 0 unspecified atom stereocenters. The Hall–Kier alpha value is -0.880. The van der Waals surface area contributed by atoms with E-state index in [9.17, 15) is 13.2 Å². The SMILES string of the molecule is C=C(C)CN(CC)C(=O)C1CCN(S(=O)(=O)CC)CC1. The molecule has 0 atom stereocenters. The average Bonchev–Trinajstić information content (AvgIpc) is 2.44. The van der Waals surface area contributed by atoms with Crippen molar-refractivity contribution in [3.63, 3.8) is 0 Å². The van der Waals surface area contributed by atoms with Gasteiger partial charge in [0.25, 0.3) is 0 Å². The Labute approximate surface area is 122 Å². The molecule has 1 heterocycles. The molecule has 0 aromatic heterocycles. The first-order valence-corrected chi connectivity index (χ1v) is 8.83. The molecule has 0 aliphatic carbocycles. The maximum Gasteiger partial charge on any atom is 0.226 e. The number of amides is 1. The van der Waals surface area contributed by atoms with Crippen molar-refractivity contribution in [1.29, 1.82) is 0 Å². The largest absolute Gasteiger partial charge is 0.339 e. The summed E-state index contributed by atoms with van der Waals surface area (Å²) in [6, 6.07) is 0. The first-order valence-electron chi connectivity index (χ1n) is 7.22. The van der Waals surface area contributed by atoms with E-state index in [1.165, 1.54) is 4.31 Å². The Balaban J connectivity index is 2.60. The van der Waals surface area contributed by atoms with Crippen molar-refractivity contribution in [2.75, 3.05) is 31.9 Å². The third kappa shape index (κ3) is 4.31. The maximum absolute atomic E-state index is 12.4. The molecule has 1 fully saturated rings. The van der Waals surface area contributed by atoms with E-state index >= 15 is 0 Å². The zero-order chi connectivity index (χ0) is 15.3. The Morgan fingerprint density at radius 1 is 1.30 bits per heavy atom. The number of hydrogen-bond acceptors (Lipinski definition) is 3. The lowest BCUT2D eigenvalue weighted by Crippen LogP contribution is -2.45. The summed E-state index contributed by atoms with van der Waals surface area (Å²) in [6.07, 6.45) is 1.23. The fourth-order valence-electron chi connectivity index (χ4n) is 2.49. The van der Waals surface area contributed by atoms with Crippen molar-refractivity contribution in [3.05, 3.63) is 12.2 Å². The Bertz CT molecular complexity index is 451. The fourth-order valence-corrected chi connectivity index (χ4v) is 3.63. The van der Waals surface area contributed by atoms with E-state index in [2.05, 4.69) is 6.58 Å². The third-order valence-electron chi connectivity index (χ3n) is 3.72. The van der Waals surface area contributed by atoms with Crippen molar-refractivity contribution in [2.45, 2.75) is 33.6 Å². The van der Waals surface area contributed by atoms with E-state index in [1.54, 1.807) is 11.8 Å². The quantitative estimate of drug-likeness (QED) is 0.698. The van der Waals surface area contributed by atoms with Crippen LogP contribution in [0.5, 0.6) is 0 Å². The highest BCUT2D eigenvalue weighted by molar-refractivity contribution is 7.89. The molecule has 1 rings (SSSR count). The van der Waals surface area contributed by atoms with Crippen molar-refractivity contribution >= 4 is 15.9 Å². The highest BCUT2D eigenvalue weighted by atomic mass is 32.2. The fraction of sp³-hybridized carbons (Fsp3) is 0.786. The molecule has 1 aliphatic rings. The number of carbonyl (C=O) groups is 1. The second-order valence-electron chi connectivity index (χ2n) is 5.38. The van der Waals surface area contributed by atoms with E-state index < -0.39 is 10.0 Å². The summed E-state index contributed by atoms with van der Waals surface area (Å²) in [7, 11) is -3.12. The van der Waals surface area contributed by atoms with Crippen LogP contribution >= 0.6 is 0 Å². The van der Waals surface area contributed by atoms with Gasteiger partial charge in [-0.25, -0.2) is 12.7 Å². The van der Waals surface area contributed by atoms with Crippen LogP contribution in [0.15, 0.2) is 12.2 Å². The lowest BCUT2D eigenvalue weighted by atomic mass is 9.96.